The third kappa shape index (κ3) is 10.2. The van der Waals surface area contributed by atoms with Gasteiger partial charge in [0.2, 0.25) is 5.95 Å². The van der Waals surface area contributed by atoms with Gasteiger partial charge in [-0.15, -0.1) is 0 Å². The first-order valence-corrected chi connectivity index (χ1v) is 15.9. The van der Waals surface area contributed by atoms with Crippen molar-refractivity contribution in [3.63, 3.8) is 0 Å². The van der Waals surface area contributed by atoms with Gasteiger partial charge in [0.15, 0.2) is 0 Å². The van der Waals surface area contributed by atoms with Crippen molar-refractivity contribution in [2.75, 3.05) is 50.6 Å². The number of ether oxygens (including phenoxy) is 2. The summed E-state index contributed by atoms with van der Waals surface area (Å²) in [4.78, 5) is 41.3. The Labute approximate surface area is 268 Å². The molecule has 0 aliphatic rings. The number of aromatic nitrogens is 2. The Morgan fingerprint density at radius 1 is 0.956 bits per heavy atom. The molecule has 2 atom stereocenters. The maximum absolute atomic E-state index is 13.7. The summed E-state index contributed by atoms with van der Waals surface area (Å²) in [6.07, 6.45) is 1.78. The number of nitrogens with zero attached hydrogens (tertiary/aromatic N) is 5. The Kier molecular flexibility index (Phi) is 13.6. The summed E-state index contributed by atoms with van der Waals surface area (Å²) in [6, 6.07) is 16.5. The fourth-order valence-electron chi connectivity index (χ4n) is 5.05. The van der Waals surface area contributed by atoms with E-state index in [0.29, 0.717) is 35.3 Å². The highest BCUT2D eigenvalue weighted by Crippen LogP contribution is 2.25. The molecule has 0 radical (unpaired) electrons. The Hall–Kier alpha value is -4.18. The van der Waals surface area contributed by atoms with Gasteiger partial charge in [-0.25, -0.2) is 9.78 Å². The van der Waals surface area contributed by atoms with E-state index in [2.05, 4.69) is 61.7 Å². The maximum atomic E-state index is 13.7. The van der Waals surface area contributed by atoms with E-state index >= 15 is 0 Å². The summed E-state index contributed by atoms with van der Waals surface area (Å²) in [6.45, 7) is 16.2. The summed E-state index contributed by atoms with van der Waals surface area (Å²) in [5.74, 6) is 1.73. The number of nitrogens with one attached hydrogen (secondary N) is 1. The van der Waals surface area contributed by atoms with Crippen molar-refractivity contribution in [1.82, 2.24) is 19.8 Å². The van der Waals surface area contributed by atoms with Crippen LogP contribution in [0.5, 0.6) is 5.75 Å². The van der Waals surface area contributed by atoms with E-state index in [9.17, 15) is 9.59 Å². The van der Waals surface area contributed by atoms with E-state index in [1.165, 1.54) is 4.90 Å². The number of carbonyl (C=O) groups excluding carboxylic acids is 2. The Morgan fingerprint density at radius 3 is 2.29 bits per heavy atom. The summed E-state index contributed by atoms with van der Waals surface area (Å²) < 4.78 is 11.5. The molecular formula is C35H50N6O4. The van der Waals surface area contributed by atoms with E-state index in [4.69, 9.17) is 9.47 Å². The topological polar surface area (TPSA) is 100 Å². The fourth-order valence-corrected chi connectivity index (χ4v) is 5.05. The molecule has 0 saturated carbocycles. The maximum Gasteiger partial charge on any atom is 0.416 e. The third-order valence-corrected chi connectivity index (χ3v) is 8.09. The number of amides is 2. The molecule has 2 unspecified atom stereocenters. The molecule has 0 spiro atoms. The van der Waals surface area contributed by atoms with E-state index < -0.39 is 6.09 Å². The highest BCUT2D eigenvalue weighted by Gasteiger charge is 2.28. The van der Waals surface area contributed by atoms with E-state index in [1.54, 1.807) is 36.4 Å². The molecule has 244 valence electrons. The molecule has 1 heterocycles. The average molecular weight is 619 g/mol. The number of rotatable bonds is 16. The van der Waals surface area contributed by atoms with E-state index in [1.807, 2.05) is 43.4 Å². The van der Waals surface area contributed by atoms with Crippen molar-refractivity contribution in [1.29, 1.82) is 0 Å². The van der Waals surface area contributed by atoms with Crippen LogP contribution in [0.4, 0.5) is 22.2 Å². The van der Waals surface area contributed by atoms with Crippen LogP contribution in [0.25, 0.3) is 0 Å². The smallest absolute Gasteiger partial charge is 0.416 e. The standard InChI is InChI=1S/C35H50N6O4/c1-9-26(6)32(25(4)5)45-35(43)41(24-27-13-12-14-30(23-27)44-8)31-19-20-36-34(38-31)37-29-17-15-28(16-18-29)33(42)39(7)21-22-40(10-2)11-3/h12-20,23,25-26,32H,9-11,21-22,24H2,1-8H3,(H,36,37,38). The number of hydrogen-bond donors (Lipinski definition) is 1. The van der Waals surface area contributed by atoms with Crippen molar-refractivity contribution < 1.29 is 19.1 Å². The molecule has 0 aliphatic carbocycles. The lowest BCUT2D eigenvalue weighted by molar-refractivity contribution is 0.0402. The van der Waals surface area contributed by atoms with Gasteiger partial charge in [-0.1, -0.05) is 60.1 Å². The predicted molar refractivity (Wildman–Crippen MR) is 180 cm³/mol. The highest BCUT2D eigenvalue weighted by molar-refractivity contribution is 5.94. The number of anilines is 3. The lowest BCUT2D eigenvalue weighted by Crippen LogP contribution is -2.38. The second kappa shape index (κ2) is 17.3. The minimum absolute atomic E-state index is 0.0317. The van der Waals surface area contributed by atoms with Gasteiger partial charge in [-0.05, 0) is 73.0 Å². The average Bonchev–Trinajstić information content (AvgIpc) is 3.06. The molecule has 3 aromatic rings. The largest absolute Gasteiger partial charge is 0.497 e. The van der Waals surface area contributed by atoms with Crippen molar-refractivity contribution in [3.8, 4) is 5.75 Å². The number of benzene rings is 2. The van der Waals surface area contributed by atoms with Gasteiger partial charge in [0.05, 0.1) is 13.7 Å². The second-order valence-electron chi connectivity index (χ2n) is 11.6. The number of carbonyl (C=O) groups is 2. The second-order valence-corrected chi connectivity index (χ2v) is 11.6. The first-order chi connectivity index (χ1) is 21.6. The number of likely N-dealkylation sites (N-methyl/N-ethyl adjacent to an activating group) is 2. The van der Waals surface area contributed by atoms with Crippen LogP contribution in [0.1, 0.15) is 63.9 Å². The van der Waals surface area contributed by atoms with E-state index in [-0.39, 0.29) is 30.4 Å². The van der Waals surface area contributed by atoms with Crippen LogP contribution in [0.3, 0.4) is 0 Å². The monoisotopic (exact) mass is 618 g/mol. The molecule has 2 aromatic carbocycles. The molecule has 0 bridgehead atoms. The van der Waals surface area contributed by atoms with Gasteiger partial charge in [0.1, 0.15) is 17.7 Å². The van der Waals surface area contributed by atoms with Crippen LogP contribution >= 0.6 is 0 Å². The molecule has 10 nitrogen and oxygen atoms in total. The minimum atomic E-state index is -0.477. The summed E-state index contributed by atoms with van der Waals surface area (Å²) in [7, 11) is 3.44. The Bertz CT molecular complexity index is 1360. The normalized spacial score (nSPS) is 12.5. The van der Waals surface area contributed by atoms with Crippen molar-refractivity contribution in [2.24, 2.45) is 11.8 Å². The van der Waals surface area contributed by atoms with Gasteiger partial charge in [0, 0.05) is 37.6 Å². The molecule has 0 saturated heterocycles. The number of methoxy groups -OCH3 is 1. The lowest BCUT2D eigenvalue weighted by atomic mass is 9.93. The summed E-state index contributed by atoms with van der Waals surface area (Å²) in [5, 5.41) is 3.20. The van der Waals surface area contributed by atoms with Crippen LogP contribution in [0.2, 0.25) is 0 Å². The predicted octanol–water partition coefficient (Wildman–Crippen LogP) is 6.86. The molecule has 3 rings (SSSR count). The molecule has 2 amide bonds. The fraction of sp³-hybridized carbons (Fsp3) is 0.486. The van der Waals surface area contributed by atoms with Gasteiger partial charge in [0.25, 0.3) is 5.91 Å². The molecule has 0 fully saturated rings. The zero-order chi connectivity index (χ0) is 32.9. The zero-order valence-corrected chi connectivity index (χ0v) is 28.1. The summed E-state index contributed by atoms with van der Waals surface area (Å²) in [5.41, 5.74) is 2.19. The van der Waals surface area contributed by atoms with Gasteiger partial charge in [-0.2, -0.15) is 4.98 Å². The SMILES string of the molecule is CCC(C)C(OC(=O)N(Cc1cccc(OC)c1)c1ccnc(Nc2ccc(C(=O)N(C)CCN(CC)CC)cc2)n1)C(C)C. The number of hydrogen-bond acceptors (Lipinski definition) is 8. The van der Waals surface area contributed by atoms with Crippen molar-refractivity contribution >= 4 is 29.5 Å². The molecular weight excluding hydrogens is 568 g/mol. The van der Waals surface area contributed by atoms with Crippen molar-refractivity contribution in [2.45, 2.75) is 60.6 Å². The van der Waals surface area contributed by atoms with Crippen LogP contribution in [0, 0.1) is 11.8 Å². The molecule has 1 N–H and O–H groups in total. The van der Waals surface area contributed by atoms with Crippen molar-refractivity contribution in [3.05, 3.63) is 71.9 Å². The van der Waals surface area contributed by atoms with Crippen LogP contribution in [0.15, 0.2) is 60.8 Å². The minimum Gasteiger partial charge on any atom is -0.497 e. The first kappa shape index (κ1) is 35.3. The zero-order valence-electron chi connectivity index (χ0n) is 28.1. The first-order valence-electron chi connectivity index (χ1n) is 15.9. The lowest BCUT2D eigenvalue weighted by Gasteiger charge is -2.30. The van der Waals surface area contributed by atoms with Gasteiger partial charge >= 0.3 is 6.09 Å². The third-order valence-electron chi connectivity index (χ3n) is 8.09. The van der Waals surface area contributed by atoms with E-state index in [0.717, 1.165) is 31.6 Å². The molecule has 45 heavy (non-hydrogen) atoms. The quantitative estimate of drug-likeness (QED) is 0.186. The highest BCUT2D eigenvalue weighted by atomic mass is 16.6. The van der Waals surface area contributed by atoms with Gasteiger partial charge < -0.3 is 24.6 Å². The Balaban J connectivity index is 1.81. The van der Waals surface area contributed by atoms with Crippen LogP contribution in [-0.2, 0) is 11.3 Å². The van der Waals surface area contributed by atoms with Crippen LogP contribution in [-0.4, -0.2) is 78.2 Å². The van der Waals surface area contributed by atoms with Crippen LogP contribution < -0.4 is 15.0 Å². The van der Waals surface area contributed by atoms with Gasteiger partial charge in [-0.3, -0.25) is 9.69 Å². The molecule has 10 heteroatoms. The molecule has 1 aromatic heterocycles. The summed E-state index contributed by atoms with van der Waals surface area (Å²) >= 11 is 0. The molecule has 0 aliphatic heterocycles. The Morgan fingerprint density at radius 2 is 1.67 bits per heavy atom.